The van der Waals surface area contributed by atoms with E-state index in [0.717, 1.165) is 5.56 Å². The lowest BCUT2D eigenvalue weighted by Crippen LogP contribution is -2.16. The molecule has 3 rings (SSSR count). The molecule has 0 heterocycles. The summed E-state index contributed by atoms with van der Waals surface area (Å²) in [6.07, 6.45) is 0. The molecule has 0 aliphatic heterocycles. The van der Waals surface area contributed by atoms with E-state index in [1.807, 2.05) is 13.8 Å². The first-order valence-corrected chi connectivity index (χ1v) is 11.1. The first kappa shape index (κ1) is 21.4. The Morgan fingerprint density at radius 2 is 1.55 bits per heavy atom. The van der Waals surface area contributed by atoms with Gasteiger partial charge in [-0.25, -0.2) is 8.42 Å². The first-order chi connectivity index (χ1) is 13.7. The van der Waals surface area contributed by atoms with E-state index < -0.39 is 10.0 Å². The van der Waals surface area contributed by atoms with Crippen LogP contribution in [0.2, 0.25) is 10.0 Å². The van der Waals surface area contributed by atoms with Crippen molar-refractivity contribution in [3.63, 3.8) is 0 Å². The standard InChI is InChI=1S/C22H19Cl2NO3S/c1-14(2)15-6-9-19(10-7-15)29(27,28)25-21-11-8-18(24)13-20(21)22(26)16-4-3-5-17(23)12-16/h3-14,25H,1-2H3. The van der Waals surface area contributed by atoms with Gasteiger partial charge in [-0.3, -0.25) is 9.52 Å². The summed E-state index contributed by atoms with van der Waals surface area (Å²) >= 11 is 12.0. The minimum absolute atomic E-state index is 0.109. The fourth-order valence-electron chi connectivity index (χ4n) is 2.81. The Kier molecular flexibility index (Phi) is 6.32. The molecule has 0 bridgehead atoms. The minimum atomic E-state index is -3.89. The zero-order valence-corrected chi connectivity index (χ0v) is 18.1. The molecule has 0 saturated heterocycles. The number of ketones is 1. The number of rotatable bonds is 6. The summed E-state index contributed by atoms with van der Waals surface area (Å²) in [6, 6.07) is 17.5. The van der Waals surface area contributed by atoms with Crippen molar-refractivity contribution in [2.45, 2.75) is 24.7 Å². The summed E-state index contributed by atoms with van der Waals surface area (Å²) in [5.74, 6) is -0.0965. The van der Waals surface area contributed by atoms with Crippen molar-refractivity contribution < 1.29 is 13.2 Å². The van der Waals surface area contributed by atoms with Gasteiger partial charge >= 0.3 is 0 Å². The molecular weight excluding hydrogens is 429 g/mol. The smallest absolute Gasteiger partial charge is 0.261 e. The summed E-state index contributed by atoms with van der Waals surface area (Å²) in [6.45, 7) is 4.06. The normalized spacial score (nSPS) is 11.5. The first-order valence-electron chi connectivity index (χ1n) is 8.90. The van der Waals surface area contributed by atoms with Gasteiger partial charge in [0, 0.05) is 21.2 Å². The highest BCUT2D eigenvalue weighted by Gasteiger charge is 2.20. The van der Waals surface area contributed by atoms with E-state index in [1.54, 1.807) is 42.5 Å². The van der Waals surface area contributed by atoms with Crippen LogP contribution < -0.4 is 4.72 Å². The summed E-state index contributed by atoms with van der Waals surface area (Å²) in [5, 5.41) is 0.727. The molecule has 7 heteroatoms. The van der Waals surface area contributed by atoms with Crippen molar-refractivity contribution in [2.24, 2.45) is 0 Å². The summed E-state index contributed by atoms with van der Waals surface area (Å²) in [7, 11) is -3.89. The number of hydrogen-bond donors (Lipinski definition) is 1. The van der Waals surface area contributed by atoms with Crippen LogP contribution in [0.15, 0.2) is 71.6 Å². The van der Waals surface area contributed by atoms with Crippen molar-refractivity contribution >= 4 is 44.7 Å². The topological polar surface area (TPSA) is 63.2 Å². The van der Waals surface area contributed by atoms with Gasteiger partial charge in [0.05, 0.1) is 10.6 Å². The van der Waals surface area contributed by atoms with Crippen molar-refractivity contribution in [2.75, 3.05) is 4.72 Å². The molecule has 0 unspecified atom stereocenters. The maximum absolute atomic E-state index is 13.0. The van der Waals surface area contributed by atoms with Crippen molar-refractivity contribution in [1.82, 2.24) is 0 Å². The molecule has 1 N–H and O–H groups in total. The largest absolute Gasteiger partial charge is 0.289 e. The SMILES string of the molecule is CC(C)c1ccc(S(=O)(=O)Nc2ccc(Cl)cc2C(=O)c2cccc(Cl)c2)cc1. The Morgan fingerprint density at radius 3 is 2.17 bits per heavy atom. The third-order valence-electron chi connectivity index (χ3n) is 4.41. The van der Waals surface area contributed by atoms with Gasteiger partial charge in [-0.2, -0.15) is 0 Å². The molecule has 0 radical (unpaired) electrons. The van der Waals surface area contributed by atoms with Crippen LogP contribution in [0, 0.1) is 0 Å². The second-order valence-corrected chi connectivity index (χ2v) is 9.41. The molecule has 150 valence electrons. The van der Waals surface area contributed by atoms with E-state index in [-0.39, 0.29) is 27.8 Å². The molecule has 0 aromatic heterocycles. The number of nitrogens with one attached hydrogen (secondary N) is 1. The molecule has 0 atom stereocenters. The molecule has 4 nitrogen and oxygen atoms in total. The van der Waals surface area contributed by atoms with Crippen molar-refractivity contribution in [3.8, 4) is 0 Å². The number of benzene rings is 3. The molecule has 0 saturated carbocycles. The molecule has 0 aliphatic carbocycles. The van der Waals surface area contributed by atoms with E-state index in [9.17, 15) is 13.2 Å². The Morgan fingerprint density at radius 1 is 0.897 bits per heavy atom. The van der Waals surface area contributed by atoms with Crippen LogP contribution in [0.25, 0.3) is 0 Å². The zero-order valence-electron chi connectivity index (χ0n) is 15.8. The average molecular weight is 448 g/mol. The lowest BCUT2D eigenvalue weighted by atomic mass is 10.0. The van der Waals surface area contributed by atoms with Crippen LogP contribution in [0.1, 0.15) is 41.3 Å². The summed E-state index contributed by atoms with van der Waals surface area (Å²) < 4.78 is 28.2. The Hall–Kier alpha value is -2.34. The predicted molar refractivity (Wildman–Crippen MR) is 118 cm³/mol. The maximum Gasteiger partial charge on any atom is 0.261 e. The highest BCUT2D eigenvalue weighted by atomic mass is 35.5. The third-order valence-corrected chi connectivity index (χ3v) is 6.27. The molecule has 29 heavy (non-hydrogen) atoms. The maximum atomic E-state index is 13.0. The monoisotopic (exact) mass is 447 g/mol. The van der Waals surface area contributed by atoms with Gasteiger partial charge in [-0.1, -0.05) is 61.3 Å². The Balaban J connectivity index is 1.98. The fourth-order valence-corrected chi connectivity index (χ4v) is 4.26. The molecular formula is C22H19Cl2NO3S. The van der Waals surface area contributed by atoms with Gasteiger partial charge in [0.2, 0.25) is 0 Å². The van der Waals surface area contributed by atoms with E-state index in [2.05, 4.69) is 4.72 Å². The Bertz CT molecular complexity index is 1160. The van der Waals surface area contributed by atoms with E-state index >= 15 is 0 Å². The third kappa shape index (κ3) is 4.99. The fraction of sp³-hybridized carbons (Fsp3) is 0.136. The molecule has 3 aromatic rings. The van der Waals surface area contributed by atoms with E-state index in [0.29, 0.717) is 15.6 Å². The summed E-state index contributed by atoms with van der Waals surface area (Å²) in [4.78, 5) is 13.1. The van der Waals surface area contributed by atoms with Crippen LogP contribution in [0.3, 0.4) is 0 Å². The van der Waals surface area contributed by atoms with Gasteiger partial charge in [0.15, 0.2) is 5.78 Å². The van der Waals surface area contributed by atoms with Gasteiger partial charge in [0.1, 0.15) is 0 Å². The van der Waals surface area contributed by atoms with Crippen molar-refractivity contribution in [3.05, 3.63) is 93.5 Å². The van der Waals surface area contributed by atoms with Gasteiger partial charge in [-0.15, -0.1) is 0 Å². The highest BCUT2D eigenvalue weighted by molar-refractivity contribution is 7.92. The van der Waals surface area contributed by atoms with Crippen LogP contribution in [-0.4, -0.2) is 14.2 Å². The summed E-state index contributed by atoms with van der Waals surface area (Å²) in [5.41, 5.74) is 1.66. The van der Waals surface area contributed by atoms with Gasteiger partial charge in [-0.05, 0) is 53.9 Å². The zero-order chi connectivity index (χ0) is 21.2. The quantitative estimate of drug-likeness (QED) is 0.460. The van der Waals surface area contributed by atoms with Crippen LogP contribution in [-0.2, 0) is 10.0 Å². The predicted octanol–water partition coefficient (Wildman–Crippen LogP) is 6.15. The molecule has 0 aliphatic rings. The average Bonchev–Trinajstić information content (AvgIpc) is 2.68. The van der Waals surface area contributed by atoms with Crippen LogP contribution in [0.4, 0.5) is 5.69 Å². The molecule has 3 aromatic carbocycles. The highest BCUT2D eigenvalue weighted by Crippen LogP contribution is 2.27. The number of sulfonamides is 1. The van der Waals surface area contributed by atoms with Gasteiger partial charge in [0.25, 0.3) is 10.0 Å². The number of anilines is 1. The number of hydrogen-bond acceptors (Lipinski definition) is 3. The number of carbonyl (C=O) groups excluding carboxylic acids is 1. The van der Waals surface area contributed by atoms with Crippen LogP contribution in [0.5, 0.6) is 0 Å². The van der Waals surface area contributed by atoms with E-state index in [1.165, 1.54) is 24.3 Å². The van der Waals surface area contributed by atoms with Crippen molar-refractivity contribution in [1.29, 1.82) is 0 Å². The minimum Gasteiger partial charge on any atom is -0.289 e. The molecule has 0 amide bonds. The molecule has 0 fully saturated rings. The lowest BCUT2D eigenvalue weighted by molar-refractivity contribution is 0.103. The number of halogens is 2. The Labute approximate surface area is 180 Å². The van der Waals surface area contributed by atoms with Gasteiger partial charge < -0.3 is 0 Å². The lowest BCUT2D eigenvalue weighted by Gasteiger charge is -2.13. The van der Waals surface area contributed by atoms with Crippen LogP contribution >= 0.6 is 23.2 Å². The second-order valence-electron chi connectivity index (χ2n) is 6.86. The second kappa shape index (κ2) is 8.57. The molecule has 0 spiro atoms. The van der Waals surface area contributed by atoms with E-state index in [4.69, 9.17) is 23.2 Å². The number of carbonyl (C=O) groups is 1.